The average Bonchev–Trinajstić information content (AvgIpc) is 3.72. The zero-order valence-electron chi connectivity index (χ0n) is 28.9. The third-order valence-electron chi connectivity index (χ3n) is 10.2. The molecule has 0 spiro atoms. The van der Waals surface area contributed by atoms with Gasteiger partial charge in [-0.3, -0.25) is 0 Å². The molecule has 7 aromatic carbocycles. The molecule has 10 heteroatoms. The van der Waals surface area contributed by atoms with Gasteiger partial charge in [-0.15, -0.1) is 0 Å². The van der Waals surface area contributed by atoms with Crippen LogP contribution in [0.2, 0.25) is 0 Å². The Bertz CT molecular complexity index is 3100. The number of nitriles is 2. The van der Waals surface area contributed by atoms with Crippen LogP contribution in [0.1, 0.15) is 22.3 Å². The SMILES string of the molecule is N#Cc1ccc(-n2c3ccccc3c3cc(-c4cc(-n5c6ccccc6c6ccccc65)cc(C(F)(F)F)c4)ccc32)c(-c2ccc(C(F)(F)F)cc2C#N)c1. The van der Waals surface area contributed by atoms with Crippen molar-refractivity contribution in [1.29, 1.82) is 10.5 Å². The fourth-order valence-electron chi connectivity index (χ4n) is 7.75. The summed E-state index contributed by atoms with van der Waals surface area (Å²) in [5, 5.41) is 23.1. The third kappa shape index (κ3) is 5.54. The summed E-state index contributed by atoms with van der Waals surface area (Å²) < 4.78 is 88.6. The molecule has 0 aliphatic rings. The van der Waals surface area contributed by atoms with E-state index in [1.54, 1.807) is 30.3 Å². The summed E-state index contributed by atoms with van der Waals surface area (Å²) in [6.45, 7) is 0. The summed E-state index contributed by atoms with van der Waals surface area (Å²) in [4.78, 5) is 0. The van der Waals surface area contributed by atoms with E-state index in [0.29, 0.717) is 44.5 Å². The second-order valence-electron chi connectivity index (χ2n) is 13.4. The minimum atomic E-state index is -4.67. The van der Waals surface area contributed by atoms with Gasteiger partial charge >= 0.3 is 12.4 Å². The molecule has 0 saturated carbocycles. The summed E-state index contributed by atoms with van der Waals surface area (Å²) in [6, 6.07) is 43.7. The van der Waals surface area contributed by atoms with Gasteiger partial charge in [0.25, 0.3) is 0 Å². The zero-order valence-corrected chi connectivity index (χ0v) is 28.9. The lowest BCUT2D eigenvalue weighted by atomic mass is 9.95. The van der Waals surface area contributed by atoms with Gasteiger partial charge in [-0.1, -0.05) is 66.7 Å². The number of halogens is 6. The summed E-state index contributed by atoms with van der Waals surface area (Å²) >= 11 is 0. The number of hydrogen-bond acceptors (Lipinski definition) is 2. The minimum Gasteiger partial charge on any atom is -0.309 e. The monoisotopic (exact) mass is 746 g/mol. The summed E-state index contributed by atoms with van der Waals surface area (Å²) in [5.41, 5.74) is 3.40. The molecule has 2 aromatic heterocycles. The quantitative estimate of drug-likeness (QED) is 0.168. The first-order valence-corrected chi connectivity index (χ1v) is 17.4. The fraction of sp³-hybridized carbons (Fsp3) is 0.0435. The van der Waals surface area contributed by atoms with E-state index in [1.165, 1.54) is 12.1 Å². The molecule has 4 nitrogen and oxygen atoms in total. The van der Waals surface area contributed by atoms with Crippen molar-refractivity contribution in [2.45, 2.75) is 12.4 Å². The minimum absolute atomic E-state index is 0.205. The first-order valence-electron chi connectivity index (χ1n) is 17.4. The van der Waals surface area contributed by atoms with Crippen LogP contribution in [-0.2, 0) is 12.4 Å². The molecule has 0 bridgehead atoms. The van der Waals surface area contributed by atoms with Crippen LogP contribution < -0.4 is 0 Å². The van der Waals surface area contributed by atoms with Gasteiger partial charge in [0.1, 0.15) is 0 Å². The highest BCUT2D eigenvalue weighted by atomic mass is 19.4. The van der Waals surface area contributed by atoms with E-state index in [4.69, 9.17) is 0 Å². The normalized spacial score (nSPS) is 12.1. The first-order chi connectivity index (χ1) is 26.9. The molecule has 270 valence electrons. The van der Waals surface area contributed by atoms with Crippen LogP contribution in [0.3, 0.4) is 0 Å². The second kappa shape index (κ2) is 12.6. The van der Waals surface area contributed by atoms with Crippen LogP contribution in [0.4, 0.5) is 26.3 Å². The van der Waals surface area contributed by atoms with Crippen molar-refractivity contribution >= 4 is 43.6 Å². The number of rotatable bonds is 4. The largest absolute Gasteiger partial charge is 0.416 e. The highest BCUT2D eigenvalue weighted by molar-refractivity contribution is 6.11. The Morgan fingerprint density at radius 2 is 1.02 bits per heavy atom. The van der Waals surface area contributed by atoms with E-state index in [9.17, 15) is 36.9 Å². The molecule has 56 heavy (non-hydrogen) atoms. The van der Waals surface area contributed by atoms with Crippen molar-refractivity contribution in [3.8, 4) is 45.8 Å². The molecule has 0 atom stereocenters. The van der Waals surface area contributed by atoms with Crippen molar-refractivity contribution < 1.29 is 26.3 Å². The molecule has 0 fully saturated rings. The van der Waals surface area contributed by atoms with Gasteiger partial charge in [-0.25, -0.2) is 0 Å². The molecule has 0 N–H and O–H groups in total. The number of benzene rings is 7. The maximum atomic E-state index is 14.6. The van der Waals surface area contributed by atoms with Gasteiger partial charge in [-0.2, -0.15) is 36.9 Å². The Morgan fingerprint density at radius 1 is 0.429 bits per heavy atom. The Morgan fingerprint density at radius 3 is 1.62 bits per heavy atom. The predicted molar refractivity (Wildman–Crippen MR) is 205 cm³/mol. The first kappa shape index (κ1) is 34.5. The molecule has 9 rings (SSSR count). The molecule has 0 aliphatic heterocycles. The van der Waals surface area contributed by atoms with Crippen LogP contribution in [0.5, 0.6) is 0 Å². The molecule has 0 radical (unpaired) electrons. The number of aromatic nitrogens is 2. The van der Waals surface area contributed by atoms with Crippen LogP contribution in [0.25, 0.3) is 77.2 Å². The molecular weight excluding hydrogens is 723 g/mol. The van der Waals surface area contributed by atoms with Crippen LogP contribution >= 0.6 is 0 Å². The molecule has 2 heterocycles. The average molecular weight is 747 g/mol. The Hall–Kier alpha value is -7.30. The van der Waals surface area contributed by atoms with E-state index >= 15 is 0 Å². The molecule has 0 unspecified atom stereocenters. The van der Waals surface area contributed by atoms with E-state index in [0.717, 1.165) is 51.5 Å². The number of para-hydroxylation sites is 3. The molecule has 9 aromatic rings. The topological polar surface area (TPSA) is 57.4 Å². The Kier molecular flexibility index (Phi) is 7.78. The maximum absolute atomic E-state index is 14.6. The van der Waals surface area contributed by atoms with Crippen molar-refractivity contribution in [2.24, 2.45) is 0 Å². The van der Waals surface area contributed by atoms with Crippen LogP contribution in [0.15, 0.2) is 146 Å². The molecular formula is C46H24F6N4. The van der Waals surface area contributed by atoms with E-state index in [2.05, 4.69) is 6.07 Å². The second-order valence-corrected chi connectivity index (χ2v) is 13.4. The van der Waals surface area contributed by atoms with Crippen molar-refractivity contribution in [3.05, 3.63) is 168 Å². The van der Waals surface area contributed by atoms with Gasteiger partial charge in [0.15, 0.2) is 0 Å². The lowest BCUT2D eigenvalue weighted by Crippen LogP contribution is -2.07. The van der Waals surface area contributed by atoms with Gasteiger partial charge in [-0.05, 0) is 90.0 Å². The molecule has 0 amide bonds. The van der Waals surface area contributed by atoms with Gasteiger partial charge in [0.05, 0.1) is 62.1 Å². The fourth-order valence-corrected chi connectivity index (χ4v) is 7.75. The highest BCUT2D eigenvalue weighted by Crippen LogP contribution is 2.42. The van der Waals surface area contributed by atoms with Crippen molar-refractivity contribution in [1.82, 2.24) is 9.13 Å². The lowest BCUT2D eigenvalue weighted by Gasteiger charge is -2.17. The van der Waals surface area contributed by atoms with Crippen LogP contribution in [0, 0.1) is 22.7 Å². The van der Waals surface area contributed by atoms with E-state index < -0.39 is 23.5 Å². The van der Waals surface area contributed by atoms with E-state index in [-0.39, 0.29) is 16.7 Å². The summed E-state index contributed by atoms with van der Waals surface area (Å²) in [5.74, 6) is 0. The highest BCUT2D eigenvalue weighted by Gasteiger charge is 2.33. The lowest BCUT2D eigenvalue weighted by molar-refractivity contribution is -0.138. The molecule has 0 saturated heterocycles. The Labute approximate surface area is 314 Å². The van der Waals surface area contributed by atoms with Crippen molar-refractivity contribution in [3.63, 3.8) is 0 Å². The number of hydrogen-bond donors (Lipinski definition) is 0. The smallest absolute Gasteiger partial charge is 0.309 e. The van der Waals surface area contributed by atoms with E-state index in [1.807, 2.05) is 94.1 Å². The standard InChI is InChI=1S/C46H24F6N4/c47-45(48,49)31-15-16-34(30(21-31)26-54)38-19-27(25-53)13-17-43(38)56-42-12-6-3-9-37(42)39-23-28(14-18-44(39)56)29-20-32(46(50,51)52)24-33(22-29)55-40-10-4-1-7-35(40)36-8-2-5-11-41(36)55/h1-24H. The number of alkyl halides is 6. The number of nitrogens with zero attached hydrogens (tertiary/aromatic N) is 4. The van der Waals surface area contributed by atoms with Crippen LogP contribution in [-0.4, -0.2) is 9.13 Å². The molecule has 0 aliphatic carbocycles. The Balaban J connectivity index is 1.28. The van der Waals surface area contributed by atoms with Gasteiger partial charge in [0, 0.05) is 38.4 Å². The predicted octanol–water partition coefficient (Wildman–Crippen LogP) is 13.0. The summed E-state index contributed by atoms with van der Waals surface area (Å²) in [6.07, 6.45) is -9.31. The summed E-state index contributed by atoms with van der Waals surface area (Å²) in [7, 11) is 0. The maximum Gasteiger partial charge on any atom is 0.416 e. The van der Waals surface area contributed by atoms with Gasteiger partial charge < -0.3 is 9.13 Å². The van der Waals surface area contributed by atoms with Crippen molar-refractivity contribution in [2.75, 3.05) is 0 Å². The zero-order chi connectivity index (χ0) is 38.9. The number of fused-ring (bicyclic) bond motifs is 6. The van der Waals surface area contributed by atoms with Gasteiger partial charge in [0.2, 0.25) is 0 Å². The third-order valence-corrected chi connectivity index (χ3v) is 10.2.